The zero-order valence-electron chi connectivity index (χ0n) is 15.9. The van der Waals surface area contributed by atoms with Crippen molar-refractivity contribution in [1.29, 1.82) is 0 Å². The SMILES string of the molecule is COc1cc(O)c2c(c1)/C=C/CC(=O)OCCOC(=O)CCC[C@H](C)OC2=O. The predicted molar refractivity (Wildman–Crippen MR) is 99.0 cm³/mol. The standard InChI is InChI=1S/C20H24O8/c1-13-5-3-7-17(22)26-9-10-27-18(23)8-4-6-14-11-15(25-2)12-16(21)19(14)20(24)28-13/h4,6,11-13,21H,3,5,7-10H2,1-2H3/b6-4+/t13-/m0/s1. The van der Waals surface area contributed by atoms with Crippen LogP contribution in [0.2, 0.25) is 0 Å². The molecule has 28 heavy (non-hydrogen) atoms. The van der Waals surface area contributed by atoms with Gasteiger partial charge in [-0.25, -0.2) is 4.79 Å². The minimum absolute atomic E-state index is 0.00721. The van der Waals surface area contributed by atoms with Gasteiger partial charge in [-0.05, 0) is 31.4 Å². The highest BCUT2D eigenvalue weighted by Gasteiger charge is 2.21. The predicted octanol–water partition coefficient (Wildman–Crippen LogP) is 2.62. The summed E-state index contributed by atoms with van der Waals surface area (Å²) in [6.45, 7) is 1.67. The number of carbonyl (C=O) groups is 3. The van der Waals surface area contributed by atoms with Gasteiger partial charge in [0.25, 0.3) is 0 Å². The van der Waals surface area contributed by atoms with E-state index in [0.29, 0.717) is 24.2 Å². The van der Waals surface area contributed by atoms with E-state index in [4.69, 9.17) is 18.9 Å². The highest BCUT2D eigenvalue weighted by atomic mass is 16.6. The first-order valence-corrected chi connectivity index (χ1v) is 9.00. The first-order valence-electron chi connectivity index (χ1n) is 9.00. The van der Waals surface area contributed by atoms with Gasteiger partial charge in [0.05, 0.1) is 19.6 Å². The highest BCUT2D eigenvalue weighted by molar-refractivity contribution is 5.97. The van der Waals surface area contributed by atoms with Crippen molar-refractivity contribution >= 4 is 24.0 Å². The van der Waals surface area contributed by atoms with E-state index < -0.39 is 24.0 Å². The van der Waals surface area contributed by atoms with Gasteiger partial charge in [-0.3, -0.25) is 9.59 Å². The molecule has 1 aliphatic rings. The molecule has 0 saturated heterocycles. The summed E-state index contributed by atoms with van der Waals surface area (Å²) >= 11 is 0. The third-order valence-electron chi connectivity index (χ3n) is 4.05. The molecule has 1 heterocycles. The molecular formula is C20H24O8. The van der Waals surface area contributed by atoms with Crippen LogP contribution in [0.4, 0.5) is 0 Å². The average molecular weight is 392 g/mol. The number of esters is 3. The lowest BCUT2D eigenvalue weighted by Crippen LogP contribution is -2.17. The first-order chi connectivity index (χ1) is 13.4. The minimum atomic E-state index is -0.707. The summed E-state index contributed by atoms with van der Waals surface area (Å²) in [5.74, 6) is -1.57. The molecule has 0 amide bonds. The number of phenolic OH excluding ortho intramolecular Hbond substituents is 1. The molecule has 0 aliphatic carbocycles. The maximum absolute atomic E-state index is 12.6. The summed E-state index contributed by atoms with van der Waals surface area (Å²) in [5.41, 5.74) is 0.325. The Morgan fingerprint density at radius 2 is 1.82 bits per heavy atom. The molecule has 1 aromatic carbocycles. The Hall–Kier alpha value is -3.03. The molecular weight excluding hydrogens is 368 g/mol. The lowest BCUT2D eigenvalue weighted by atomic mass is 10.0. The maximum Gasteiger partial charge on any atom is 0.342 e. The van der Waals surface area contributed by atoms with E-state index in [1.165, 1.54) is 25.3 Å². The minimum Gasteiger partial charge on any atom is -0.507 e. The Balaban J connectivity index is 2.28. The van der Waals surface area contributed by atoms with E-state index in [9.17, 15) is 19.5 Å². The zero-order chi connectivity index (χ0) is 20.5. The number of fused-ring (bicyclic) bond motifs is 1. The summed E-state index contributed by atoms with van der Waals surface area (Å²) in [4.78, 5) is 35.9. The summed E-state index contributed by atoms with van der Waals surface area (Å²) < 4.78 is 20.5. The Kier molecular flexibility index (Phi) is 7.86. The van der Waals surface area contributed by atoms with Gasteiger partial charge in [-0.1, -0.05) is 12.2 Å². The van der Waals surface area contributed by atoms with Crippen LogP contribution in [-0.4, -0.2) is 49.4 Å². The summed E-state index contributed by atoms with van der Waals surface area (Å²) in [6.07, 6.45) is 3.59. The van der Waals surface area contributed by atoms with E-state index in [-0.39, 0.29) is 37.4 Å². The number of hydrogen-bond donors (Lipinski definition) is 1. The van der Waals surface area contributed by atoms with Crippen molar-refractivity contribution in [3.05, 3.63) is 29.3 Å². The second-order valence-corrected chi connectivity index (χ2v) is 6.27. The number of rotatable bonds is 1. The third kappa shape index (κ3) is 6.29. The van der Waals surface area contributed by atoms with Crippen LogP contribution in [0.1, 0.15) is 48.5 Å². The second-order valence-electron chi connectivity index (χ2n) is 6.27. The van der Waals surface area contributed by atoms with Crippen molar-refractivity contribution < 1.29 is 38.4 Å². The zero-order valence-corrected chi connectivity index (χ0v) is 15.9. The van der Waals surface area contributed by atoms with Gasteiger partial charge >= 0.3 is 17.9 Å². The molecule has 0 spiro atoms. The molecule has 8 heteroatoms. The average Bonchev–Trinajstić information content (AvgIpc) is 2.64. The van der Waals surface area contributed by atoms with Gasteiger partial charge in [0.15, 0.2) is 0 Å². The Morgan fingerprint density at radius 3 is 2.54 bits per heavy atom. The van der Waals surface area contributed by atoms with Crippen molar-refractivity contribution in [3.8, 4) is 11.5 Å². The molecule has 8 nitrogen and oxygen atoms in total. The number of cyclic esters (lactones) is 3. The summed E-state index contributed by atoms with van der Waals surface area (Å²) in [7, 11) is 1.44. The van der Waals surface area contributed by atoms with Crippen LogP contribution in [0.3, 0.4) is 0 Å². The van der Waals surface area contributed by atoms with Crippen LogP contribution in [0.5, 0.6) is 11.5 Å². The number of aromatic hydroxyl groups is 1. The van der Waals surface area contributed by atoms with Crippen molar-refractivity contribution in [2.45, 2.75) is 38.7 Å². The highest BCUT2D eigenvalue weighted by Crippen LogP contribution is 2.30. The molecule has 0 radical (unpaired) electrons. The van der Waals surface area contributed by atoms with Crippen molar-refractivity contribution in [2.24, 2.45) is 0 Å². The Morgan fingerprint density at radius 1 is 1.11 bits per heavy atom. The fourth-order valence-corrected chi connectivity index (χ4v) is 2.65. The summed E-state index contributed by atoms with van der Waals surface area (Å²) in [6, 6.07) is 2.87. The van der Waals surface area contributed by atoms with Crippen molar-refractivity contribution in [1.82, 2.24) is 0 Å². The molecule has 0 bridgehead atoms. The third-order valence-corrected chi connectivity index (χ3v) is 4.05. The molecule has 0 fully saturated rings. The number of carbonyl (C=O) groups excluding carboxylic acids is 3. The van der Waals surface area contributed by atoms with E-state index >= 15 is 0 Å². The Labute approximate surface area is 163 Å². The molecule has 2 rings (SSSR count). The molecule has 0 saturated carbocycles. The summed E-state index contributed by atoms with van der Waals surface area (Å²) in [5, 5.41) is 10.3. The molecule has 0 aromatic heterocycles. The van der Waals surface area contributed by atoms with Crippen molar-refractivity contribution in [3.63, 3.8) is 0 Å². The maximum atomic E-state index is 12.6. The van der Waals surface area contributed by atoms with Crippen LogP contribution < -0.4 is 4.74 Å². The largest absolute Gasteiger partial charge is 0.507 e. The van der Waals surface area contributed by atoms with Crippen LogP contribution in [0.25, 0.3) is 6.08 Å². The number of benzene rings is 1. The van der Waals surface area contributed by atoms with Gasteiger partial charge in [0, 0.05) is 12.5 Å². The normalized spacial score (nSPS) is 20.8. The monoisotopic (exact) mass is 392 g/mol. The van der Waals surface area contributed by atoms with Gasteiger partial charge in [0.2, 0.25) is 0 Å². The van der Waals surface area contributed by atoms with E-state index in [0.717, 1.165) is 0 Å². The Bertz CT molecular complexity index is 753. The van der Waals surface area contributed by atoms with Gasteiger partial charge < -0.3 is 24.1 Å². The van der Waals surface area contributed by atoms with Crippen LogP contribution >= 0.6 is 0 Å². The number of ether oxygens (including phenoxy) is 4. The van der Waals surface area contributed by atoms with E-state index in [1.54, 1.807) is 13.0 Å². The smallest absolute Gasteiger partial charge is 0.342 e. The van der Waals surface area contributed by atoms with Gasteiger partial charge in [-0.2, -0.15) is 0 Å². The van der Waals surface area contributed by atoms with E-state index in [1.807, 2.05) is 0 Å². The van der Waals surface area contributed by atoms with E-state index in [2.05, 4.69) is 0 Å². The van der Waals surface area contributed by atoms with Gasteiger partial charge in [-0.15, -0.1) is 0 Å². The lowest BCUT2D eigenvalue weighted by molar-refractivity contribution is -0.151. The van der Waals surface area contributed by atoms with Gasteiger partial charge in [0.1, 0.15) is 30.3 Å². The van der Waals surface area contributed by atoms with Crippen molar-refractivity contribution in [2.75, 3.05) is 20.3 Å². The molecule has 1 aromatic rings. The lowest BCUT2D eigenvalue weighted by Gasteiger charge is -2.15. The topological polar surface area (TPSA) is 108 Å². The number of phenols is 1. The molecule has 1 N–H and O–H groups in total. The van der Waals surface area contributed by atoms with Crippen LogP contribution in [-0.2, 0) is 23.8 Å². The fraction of sp³-hybridized carbons (Fsp3) is 0.450. The number of hydrogen-bond acceptors (Lipinski definition) is 8. The fourth-order valence-electron chi connectivity index (χ4n) is 2.65. The van der Waals surface area contributed by atoms with Crippen LogP contribution in [0.15, 0.2) is 18.2 Å². The van der Waals surface area contributed by atoms with Crippen LogP contribution in [0, 0.1) is 0 Å². The molecule has 1 atom stereocenters. The number of methoxy groups -OCH3 is 1. The second kappa shape index (κ2) is 10.3. The molecule has 1 aliphatic heterocycles. The molecule has 0 unspecified atom stereocenters. The quantitative estimate of drug-likeness (QED) is 0.574. The first kappa shape index (κ1) is 21.3. The molecule has 152 valence electrons.